The molecule has 1 aromatic heterocycles. The second-order valence-corrected chi connectivity index (χ2v) is 11.9. The Balaban J connectivity index is 1.91. The second kappa shape index (κ2) is 11.3. The number of esters is 1. The second-order valence-electron chi connectivity index (χ2n) is 10.7. The third-order valence-electron chi connectivity index (χ3n) is 7.41. The van der Waals surface area contributed by atoms with Crippen LogP contribution in [0.4, 0.5) is 0 Å². The Morgan fingerprint density at radius 2 is 1.86 bits per heavy atom. The van der Waals surface area contributed by atoms with E-state index in [1.165, 1.54) is 5.57 Å². The zero-order valence-electron chi connectivity index (χ0n) is 21.7. The van der Waals surface area contributed by atoms with Crippen LogP contribution in [0.3, 0.4) is 0 Å². The van der Waals surface area contributed by atoms with Crippen LogP contribution in [0, 0.1) is 24.2 Å². The molecule has 0 spiro atoms. The fourth-order valence-corrected chi connectivity index (χ4v) is 5.62. The maximum Gasteiger partial charge on any atom is 0.309 e. The van der Waals surface area contributed by atoms with Gasteiger partial charge >= 0.3 is 5.97 Å². The van der Waals surface area contributed by atoms with Crippen LogP contribution in [0.2, 0.25) is 0 Å². The molecule has 6 nitrogen and oxygen atoms in total. The molecule has 2 aromatic rings. The summed E-state index contributed by atoms with van der Waals surface area (Å²) in [4.78, 5) is 30.7. The van der Waals surface area contributed by atoms with Gasteiger partial charge in [0.05, 0.1) is 39.3 Å². The average Bonchev–Trinajstić information content (AvgIpc) is 3.18. The Hall–Kier alpha value is -2.09. The maximum absolute atomic E-state index is 13.2. The van der Waals surface area contributed by atoms with Crippen LogP contribution in [0.25, 0.3) is 10.2 Å². The maximum atomic E-state index is 13.2. The molecular weight excluding hydrogens is 462 g/mol. The molecule has 5 atom stereocenters. The van der Waals surface area contributed by atoms with Crippen LogP contribution >= 0.6 is 11.3 Å². The minimum Gasteiger partial charge on any atom is -0.457 e. The summed E-state index contributed by atoms with van der Waals surface area (Å²) < 4.78 is 6.96. The number of nitrogens with zero attached hydrogens (tertiary/aromatic N) is 1. The molecule has 2 heterocycles. The van der Waals surface area contributed by atoms with Gasteiger partial charge in [-0.3, -0.25) is 9.59 Å². The molecule has 0 saturated heterocycles. The molecule has 0 fully saturated rings. The number of thiazole rings is 1. The molecule has 192 valence electrons. The number of aliphatic hydroxyl groups excluding tert-OH is 2. The number of ketones is 1. The first kappa shape index (κ1) is 27.5. The van der Waals surface area contributed by atoms with Gasteiger partial charge in [-0.05, 0) is 56.7 Å². The monoisotopic (exact) mass is 501 g/mol. The number of Topliss-reactive ketones (excluding diaryl/α,β-unsaturated/α-hetero) is 1. The molecule has 35 heavy (non-hydrogen) atoms. The van der Waals surface area contributed by atoms with Gasteiger partial charge < -0.3 is 14.9 Å². The topological polar surface area (TPSA) is 96.7 Å². The Morgan fingerprint density at radius 1 is 1.14 bits per heavy atom. The molecule has 0 radical (unpaired) electrons. The van der Waals surface area contributed by atoms with Gasteiger partial charge in [-0.25, -0.2) is 4.98 Å². The van der Waals surface area contributed by atoms with Crippen molar-refractivity contribution in [1.29, 1.82) is 0 Å². The summed E-state index contributed by atoms with van der Waals surface area (Å²) in [7, 11) is 0. The van der Waals surface area contributed by atoms with Gasteiger partial charge in [-0.1, -0.05) is 45.4 Å². The molecule has 5 unspecified atom stereocenters. The van der Waals surface area contributed by atoms with E-state index in [2.05, 4.69) is 18.0 Å². The van der Waals surface area contributed by atoms with Crippen molar-refractivity contribution in [3.63, 3.8) is 0 Å². The Kier molecular flexibility index (Phi) is 8.89. The molecule has 1 aliphatic rings. The van der Waals surface area contributed by atoms with Crippen LogP contribution in [-0.2, 0) is 14.3 Å². The minimum absolute atomic E-state index is 0.0476. The van der Waals surface area contributed by atoms with Crippen molar-refractivity contribution in [2.24, 2.45) is 17.3 Å². The van der Waals surface area contributed by atoms with Crippen LogP contribution in [-0.4, -0.2) is 39.2 Å². The van der Waals surface area contributed by atoms with Gasteiger partial charge in [0.25, 0.3) is 0 Å². The zero-order valence-corrected chi connectivity index (χ0v) is 22.5. The number of benzene rings is 1. The Bertz CT molecular complexity index is 1090. The predicted octanol–water partition coefficient (Wildman–Crippen LogP) is 5.69. The highest BCUT2D eigenvalue weighted by Gasteiger charge is 2.42. The highest BCUT2D eigenvalue weighted by molar-refractivity contribution is 7.18. The number of carbonyl (C=O) groups excluding carboxylic acids is 2. The number of carbonyl (C=O) groups is 2. The van der Waals surface area contributed by atoms with Gasteiger partial charge in [0.15, 0.2) is 0 Å². The fourth-order valence-electron chi connectivity index (χ4n) is 4.81. The summed E-state index contributed by atoms with van der Waals surface area (Å²) in [5.74, 6) is -1.50. The first-order chi connectivity index (χ1) is 16.4. The summed E-state index contributed by atoms with van der Waals surface area (Å²) in [6.45, 7) is 11.0. The molecular formula is C28H39NO5S. The zero-order chi connectivity index (χ0) is 25.9. The number of hydrogen-bond donors (Lipinski definition) is 2. The quantitative estimate of drug-likeness (QED) is 0.385. The van der Waals surface area contributed by atoms with E-state index >= 15 is 0 Å². The summed E-state index contributed by atoms with van der Waals surface area (Å²) in [6, 6.07) is 5.93. The summed E-state index contributed by atoms with van der Waals surface area (Å²) in [5.41, 5.74) is 1.73. The number of allylic oxidation sites excluding steroid dienone is 1. The number of hydrogen-bond acceptors (Lipinski definition) is 7. The number of ether oxygens (including phenoxy) is 1. The summed E-state index contributed by atoms with van der Waals surface area (Å²) >= 11 is 1.62. The van der Waals surface area contributed by atoms with Crippen molar-refractivity contribution in [1.82, 2.24) is 4.98 Å². The SMILES string of the molecule is C/C1=C\CC(c2ccc3sc(C)nc3c2)OC(=O)CC(O)C(C)(C)C(=O)C(C)C(O)C(C)CCC1. The van der Waals surface area contributed by atoms with E-state index in [4.69, 9.17) is 4.74 Å². The lowest BCUT2D eigenvalue weighted by molar-refractivity contribution is -0.155. The van der Waals surface area contributed by atoms with Crippen LogP contribution in [0.5, 0.6) is 0 Å². The molecule has 0 bridgehead atoms. The van der Waals surface area contributed by atoms with Crippen LogP contribution in [0.15, 0.2) is 29.8 Å². The summed E-state index contributed by atoms with van der Waals surface area (Å²) in [5, 5.41) is 22.6. The van der Waals surface area contributed by atoms with Gasteiger partial charge in [0.2, 0.25) is 0 Å². The normalized spacial score (nSPS) is 31.1. The van der Waals surface area contributed by atoms with E-state index in [0.717, 1.165) is 40.1 Å². The number of fused-ring (bicyclic) bond motifs is 1. The highest BCUT2D eigenvalue weighted by Crippen LogP contribution is 2.34. The minimum atomic E-state index is -1.22. The molecule has 7 heteroatoms. The van der Waals surface area contributed by atoms with Gasteiger partial charge in [0.1, 0.15) is 11.9 Å². The van der Waals surface area contributed by atoms with Crippen molar-refractivity contribution in [2.45, 2.75) is 92.0 Å². The predicted molar refractivity (Wildman–Crippen MR) is 139 cm³/mol. The lowest BCUT2D eigenvalue weighted by Crippen LogP contribution is -2.45. The number of aryl methyl sites for hydroxylation is 1. The molecule has 0 saturated carbocycles. The van der Waals surface area contributed by atoms with Crippen molar-refractivity contribution in [2.75, 3.05) is 0 Å². The molecule has 3 rings (SSSR count). The molecule has 1 aromatic carbocycles. The molecule has 0 amide bonds. The molecule has 0 aliphatic carbocycles. The molecule has 2 N–H and O–H groups in total. The average molecular weight is 502 g/mol. The lowest BCUT2D eigenvalue weighted by atomic mass is 9.73. The third kappa shape index (κ3) is 6.57. The lowest BCUT2D eigenvalue weighted by Gasteiger charge is -2.34. The summed E-state index contributed by atoms with van der Waals surface area (Å²) in [6.07, 6.45) is 2.35. The van der Waals surface area contributed by atoms with Gasteiger partial charge in [-0.15, -0.1) is 11.3 Å². The Morgan fingerprint density at radius 3 is 2.57 bits per heavy atom. The number of aromatic nitrogens is 1. The highest BCUT2D eigenvalue weighted by atomic mass is 32.1. The van der Waals surface area contributed by atoms with Crippen molar-refractivity contribution < 1.29 is 24.5 Å². The van der Waals surface area contributed by atoms with Crippen molar-refractivity contribution >= 4 is 33.3 Å². The van der Waals surface area contributed by atoms with Crippen LogP contribution in [0.1, 0.15) is 83.4 Å². The van der Waals surface area contributed by atoms with E-state index in [1.54, 1.807) is 32.1 Å². The van der Waals surface area contributed by atoms with E-state index in [9.17, 15) is 19.8 Å². The van der Waals surface area contributed by atoms with Gasteiger partial charge in [-0.2, -0.15) is 0 Å². The largest absolute Gasteiger partial charge is 0.457 e. The van der Waals surface area contributed by atoms with E-state index in [0.29, 0.717) is 6.42 Å². The first-order valence-corrected chi connectivity index (χ1v) is 13.3. The van der Waals surface area contributed by atoms with Crippen LogP contribution < -0.4 is 0 Å². The van der Waals surface area contributed by atoms with E-state index in [1.807, 2.05) is 32.0 Å². The molecule has 1 aliphatic heterocycles. The first-order valence-electron chi connectivity index (χ1n) is 12.5. The smallest absolute Gasteiger partial charge is 0.309 e. The fraction of sp³-hybridized carbons (Fsp3) is 0.607. The number of rotatable bonds is 1. The number of cyclic esters (lactones) is 1. The van der Waals surface area contributed by atoms with Crippen molar-refractivity contribution in [3.8, 4) is 0 Å². The van der Waals surface area contributed by atoms with E-state index < -0.39 is 35.6 Å². The third-order valence-corrected chi connectivity index (χ3v) is 8.36. The standard InChI is InChI=1S/C28H39NO5S/c1-16-8-7-9-17(2)26(32)18(3)27(33)28(5,6)24(30)15-25(31)34-22(12-10-16)20-11-13-23-21(14-20)29-19(4)35-23/h10-11,13-14,17-18,22,24,26,30,32H,7-9,12,15H2,1-6H3/b16-10+. The van der Waals surface area contributed by atoms with Gasteiger partial charge in [0, 0.05) is 12.3 Å². The van der Waals surface area contributed by atoms with Crippen molar-refractivity contribution in [3.05, 3.63) is 40.4 Å². The number of aliphatic hydroxyl groups is 2. The van der Waals surface area contributed by atoms with E-state index in [-0.39, 0.29) is 18.1 Å². The Labute approximate surface area is 212 Å².